The number of hydrogen-bond acceptors (Lipinski definition) is 3. The Morgan fingerprint density at radius 3 is 2.68 bits per heavy atom. The van der Waals surface area contributed by atoms with Gasteiger partial charge < -0.3 is 9.73 Å². The molecule has 1 aromatic heterocycles. The Balaban J connectivity index is 1.82. The van der Waals surface area contributed by atoms with Crippen molar-refractivity contribution < 1.29 is 9.21 Å². The lowest BCUT2D eigenvalue weighted by atomic mass is 10.3. The van der Waals surface area contributed by atoms with E-state index in [0.717, 1.165) is 15.9 Å². The van der Waals surface area contributed by atoms with E-state index in [-0.39, 0.29) is 5.91 Å². The van der Waals surface area contributed by atoms with Crippen molar-refractivity contribution in [2.45, 2.75) is 6.54 Å². The van der Waals surface area contributed by atoms with E-state index in [4.69, 9.17) is 4.42 Å². The molecule has 0 atom stereocenters. The molecule has 0 saturated heterocycles. The molecular formula is C14H15BrN2O2. The van der Waals surface area contributed by atoms with Crippen molar-refractivity contribution in [3.8, 4) is 0 Å². The Hall–Kier alpha value is -1.59. The molecule has 0 spiro atoms. The first-order valence-corrected chi connectivity index (χ1v) is 6.69. The van der Waals surface area contributed by atoms with E-state index in [0.29, 0.717) is 13.1 Å². The van der Waals surface area contributed by atoms with Crippen LogP contribution in [0.1, 0.15) is 5.76 Å². The SMILES string of the molecule is CN(CC(=O)Nc1ccc(Br)cc1)Cc1ccco1. The Kier molecular flexibility index (Phi) is 4.76. The summed E-state index contributed by atoms with van der Waals surface area (Å²) in [6, 6.07) is 11.2. The second kappa shape index (κ2) is 6.54. The van der Waals surface area contributed by atoms with Crippen molar-refractivity contribution in [1.29, 1.82) is 0 Å². The number of nitrogens with zero attached hydrogens (tertiary/aromatic N) is 1. The normalized spacial score (nSPS) is 10.7. The summed E-state index contributed by atoms with van der Waals surface area (Å²) in [5.41, 5.74) is 0.791. The van der Waals surface area contributed by atoms with Gasteiger partial charge >= 0.3 is 0 Å². The third-order valence-electron chi connectivity index (χ3n) is 2.55. The van der Waals surface area contributed by atoms with Crippen LogP contribution in [0, 0.1) is 0 Å². The fourth-order valence-corrected chi connectivity index (χ4v) is 1.97. The molecule has 19 heavy (non-hydrogen) atoms. The van der Waals surface area contributed by atoms with Crippen LogP contribution < -0.4 is 5.32 Å². The molecular weight excluding hydrogens is 308 g/mol. The number of amides is 1. The van der Waals surface area contributed by atoms with Gasteiger partial charge in [-0.25, -0.2) is 0 Å². The van der Waals surface area contributed by atoms with Crippen molar-refractivity contribution in [2.75, 3.05) is 18.9 Å². The van der Waals surface area contributed by atoms with Gasteiger partial charge in [-0.05, 0) is 43.4 Å². The Bertz CT molecular complexity index is 523. The lowest BCUT2D eigenvalue weighted by Gasteiger charge is -2.14. The topological polar surface area (TPSA) is 45.5 Å². The minimum Gasteiger partial charge on any atom is -0.468 e. The van der Waals surface area contributed by atoms with Gasteiger partial charge in [0.05, 0.1) is 19.4 Å². The number of nitrogens with one attached hydrogen (secondary N) is 1. The molecule has 0 fully saturated rings. The standard InChI is InChI=1S/C14H15BrN2O2/c1-17(9-13-3-2-8-19-13)10-14(18)16-12-6-4-11(15)5-7-12/h2-8H,9-10H2,1H3,(H,16,18). The molecule has 0 unspecified atom stereocenters. The zero-order valence-corrected chi connectivity index (χ0v) is 12.2. The first-order chi connectivity index (χ1) is 9.13. The summed E-state index contributed by atoms with van der Waals surface area (Å²) in [6.45, 7) is 0.928. The average molecular weight is 323 g/mol. The number of rotatable bonds is 5. The van der Waals surface area contributed by atoms with Gasteiger partial charge in [0, 0.05) is 10.2 Å². The predicted molar refractivity (Wildman–Crippen MR) is 77.8 cm³/mol. The van der Waals surface area contributed by atoms with E-state index in [9.17, 15) is 4.79 Å². The van der Waals surface area contributed by atoms with Gasteiger partial charge in [-0.2, -0.15) is 0 Å². The van der Waals surface area contributed by atoms with E-state index in [1.165, 1.54) is 0 Å². The quantitative estimate of drug-likeness (QED) is 0.920. The van der Waals surface area contributed by atoms with Crippen LogP contribution in [0.3, 0.4) is 0 Å². The maximum Gasteiger partial charge on any atom is 0.238 e. The molecule has 1 heterocycles. The minimum atomic E-state index is -0.0450. The fraction of sp³-hybridized carbons (Fsp3) is 0.214. The van der Waals surface area contributed by atoms with E-state index < -0.39 is 0 Å². The number of hydrogen-bond donors (Lipinski definition) is 1. The van der Waals surface area contributed by atoms with Crippen molar-refractivity contribution in [3.63, 3.8) is 0 Å². The maximum absolute atomic E-state index is 11.8. The summed E-state index contributed by atoms with van der Waals surface area (Å²) >= 11 is 3.35. The van der Waals surface area contributed by atoms with Crippen LogP contribution in [-0.2, 0) is 11.3 Å². The monoisotopic (exact) mass is 322 g/mol. The molecule has 0 aliphatic heterocycles. The number of carbonyl (C=O) groups excluding carboxylic acids is 1. The van der Waals surface area contributed by atoms with Gasteiger partial charge in [0.25, 0.3) is 0 Å². The van der Waals surface area contributed by atoms with Crippen LogP contribution in [0.2, 0.25) is 0 Å². The molecule has 1 N–H and O–H groups in total. The number of anilines is 1. The summed E-state index contributed by atoms with van der Waals surface area (Å²) in [5, 5.41) is 2.85. The summed E-state index contributed by atoms with van der Waals surface area (Å²) in [5.74, 6) is 0.801. The number of halogens is 1. The summed E-state index contributed by atoms with van der Waals surface area (Å²) in [6.07, 6.45) is 1.63. The number of furan rings is 1. The molecule has 0 radical (unpaired) electrons. The highest BCUT2D eigenvalue weighted by Gasteiger charge is 2.08. The lowest BCUT2D eigenvalue weighted by molar-refractivity contribution is -0.117. The van der Waals surface area contributed by atoms with Gasteiger partial charge in [0.2, 0.25) is 5.91 Å². The van der Waals surface area contributed by atoms with Gasteiger partial charge in [0.1, 0.15) is 5.76 Å². The molecule has 1 aromatic carbocycles. The molecule has 1 amide bonds. The van der Waals surface area contributed by atoms with Crippen LogP contribution >= 0.6 is 15.9 Å². The second-order valence-electron chi connectivity index (χ2n) is 4.31. The van der Waals surface area contributed by atoms with E-state index >= 15 is 0 Å². The van der Waals surface area contributed by atoms with Gasteiger partial charge in [0.15, 0.2) is 0 Å². The number of benzene rings is 1. The maximum atomic E-state index is 11.8. The average Bonchev–Trinajstić information content (AvgIpc) is 2.84. The van der Waals surface area contributed by atoms with Crippen LogP contribution in [0.15, 0.2) is 51.6 Å². The van der Waals surface area contributed by atoms with Crippen molar-refractivity contribution >= 4 is 27.5 Å². The minimum absolute atomic E-state index is 0.0450. The highest BCUT2D eigenvalue weighted by atomic mass is 79.9. The largest absolute Gasteiger partial charge is 0.468 e. The molecule has 5 heteroatoms. The Morgan fingerprint density at radius 2 is 2.05 bits per heavy atom. The van der Waals surface area contributed by atoms with Gasteiger partial charge in [-0.15, -0.1) is 0 Å². The van der Waals surface area contributed by atoms with E-state index in [1.807, 2.05) is 48.3 Å². The van der Waals surface area contributed by atoms with Crippen molar-refractivity contribution in [2.24, 2.45) is 0 Å². The molecule has 0 aliphatic carbocycles. The highest BCUT2D eigenvalue weighted by molar-refractivity contribution is 9.10. The molecule has 0 aliphatic rings. The van der Waals surface area contributed by atoms with Gasteiger partial charge in [-0.3, -0.25) is 9.69 Å². The highest BCUT2D eigenvalue weighted by Crippen LogP contribution is 2.14. The smallest absolute Gasteiger partial charge is 0.238 e. The first kappa shape index (κ1) is 13.8. The molecule has 0 bridgehead atoms. The zero-order chi connectivity index (χ0) is 13.7. The van der Waals surface area contributed by atoms with Crippen LogP contribution in [0.4, 0.5) is 5.69 Å². The Labute approximate surface area is 120 Å². The number of carbonyl (C=O) groups is 1. The van der Waals surface area contributed by atoms with Crippen LogP contribution in [-0.4, -0.2) is 24.4 Å². The molecule has 4 nitrogen and oxygen atoms in total. The lowest BCUT2D eigenvalue weighted by Crippen LogP contribution is -2.29. The van der Waals surface area contributed by atoms with E-state index in [1.54, 1.807) is 6.26 Å². The van der Waals surface area contributed by atoms with Gasteiger partial charge in [-0.1, -0.05) is 15.9 Å². The Morgan fingerprint density at radius 1 is 1.32 bits per heavy atom. The molecule has 2 rings (SSSR count). The van der Waals surface area contributed by atoms with Crippen LogP contribution in [0.25, 0.3) is 0 Å². The second-order valence-corrected chi connectivity index (χ2v) is 5.22. The molecule has 2 aromatic rings. The third-order valence-corrected chi connectivity index (χ3v) is 3.08. The van der Waals surface area contributed by atoms with Crippen molar-refractivity contribution in [3.05, 3.63) is 52.9 Å². The van der Waals surface area contributed by atoms with Crippen LogP contribution in [0.5, 0.6) is 0 Å². The fourth-order valence-electron chi connectivity index (χ4n) is 1.70. The molecule has 0 saturated carbocycles. The summed E-state index contributed by atoms with van der Waals surface area (Å²) in [4.78, 5) is 13.7. The summed E-state index contributed by atoms with van der Waals surface area (Å²) in [7, 11) is 1.88. The number of likely N-dealkylation sites (N-methyl/N-ethyl adjacent to an activating group) is 1. The molecule has 100 valence electrons. The third kappa shape index (κ3) is 4.54. The summed E-state index contributed by atoms with van der Waals surface area (Å²) < 4.78 is 6.23. The van der Waals surface area contributed by atoms with E-state index in [2.05, 4.69) is 21.2 Å². The zero-order valence-electron chi connectivity index (χ0n) is 10.6. The van der Waals surface area contributed by atoms with Crippen molar-refractivity contribution in [1.82, 2.24) is 4.90 Å². The first-order valence-electron chi connectivity index (χ1n) is 5.90. The predicted octanol–water partition coefficient (Wildman–Crippen LogP) is 3.11.